The second-order valence-corrected chi connectivity index (χ2v) is 8.83. The first kappa shape index (κ1) is 22.5. The Morgan fingerprint density at radius 3 is 2.70 bits per heavy atom. The molecular formula is C28H24N8O. The van der Waals surface area contributed by atoms with Gasteiger partial charge >= 0.3 is 0 Å². The molecule has 0 saturated carbocycles. The number of aromatic nitrogens is 7. The number of hydrogen-bond acceptors (Lipinski definition) is 6. The molecule has 9 heteroatoms. The molecule has 0 saturated heterocycles. The third-order valence-electron chi connectivity index (χ3n) is 6.26. The highest BCUT2D eigenvalue weighted by Gasteiger charge is 2.16. The summed E-state index contributed by atoms with van der Waals surface area (Å²) < 4.78 is 0. The largest absolute Gasteiger partial charge is 0.338 e. The van der Waals surface area contributed by atoms with Gasteiger partial charge in [0.05, 0.1) is 23.3 Å². The van der Waals surface area contributed by atoms with Crippen molar-refractivity contribution in [3.05, 3.63) is 73.4 Å². The van der Waals surface area contributed by atoms with E-state index in [9.17, 15) is 4.79 Å². The lowest BCUT2D eigenvalue weighted by atomic mass is 10.1. The number of aromatic amines is 2. The first-order chi connectivity index (χ1) is 18.2. The lowest BCUT2D eigenvalue weighted by Gasteiger charge is -2.07. The van der Waals surface area contributed by atoms with Gasteiger partial charge < -0.3 is 10.3 Å². The van der Waals surface area contributed by atoms with Crippen molar-refractivity contribution in [2.45, 2.75) is 26.2 Å². The second-order valence-electron chi connectivity index (χ2n) is 8.83. The smallest absolute Gasteiger partial charge is 0.224 e. The molecule has 0 aliphatic carbocycles. The van der Waals surface area contributed by atoms with Gasteiger partial charge in [0.2, 0.25) is 5.91 Å². The van der Waals surface area contributed by atoms with Gasteiger partial charge in [-0.1, -0.05) is 19.4 Å². The Morgan fingerprint density at radius 2 is 1.84 bits per heavy atom. The molecule has 0 bridgehead atoms. The number of unbranched alkanes of at least 4 members (excludes halogenated alkanes) is 1. The van der Waals surface area contributed by atoms with E-state index in [1.54, 1.807) is 31.0 Å². The van der Waals surface area contributed by atoms with E-state index in [1.165, 1.54) is 0 Å². The first-order valence-corrected chi connectivity index (χ1v) is 12.2. The van der Waals surface area contributed by atoms with Crippen LogP contribution in [0, 0.1) is 0 Å². The molecule has 3 N–H and O–H groups in total. The Balaban J connectivity index is 1.37. The minimum atomic E-state index is -0.0102. The highest BCUT2D eigenvalue weighted by Crippen LogP contribution is 2.33. The van der Waals surface area contributed by atoms with Crippen LogP contribution in [0.2, 0.25) is 0 Å². The Bertz CT molecular complexity index is 1720. The fourth-order valence-electron chi connectivity index (χ4n) is 4.39. The van der Waals surface area contributed by atoms with Gasteiger partial charge in [-0.3, -0.25) is 19.9 Å². The van der Waals surface area contributed by atoms with Crippen LogP contribution in [0.1, 0.15) is 26.2 Å². The SMILES string of the molecule is CCCCC(=O)Nc1cncc(-c2cnc3[nH]nc(-c4cc5c(-c6ccccn6)ccnc5[nH]4)c3c2)c1. The number of carbonyl (C=O) groups is 1. The molecule has 0 radical (unpaired) electrons. The van der Waals surface area contributed by atoms with E-state index in [1.807, 2.05) is 42.5 Å². The van der Waals surface area contributed by atoms with Crippen LogP contribution in [0.5, 0.6) is 0 Å². The number of hydrogen-bond donors (Lipinski definition) is 3. The van der Waals surface area contributed by atoms with Gasteiger partial charge in [0, 0.05) is 58.7 Å². The maximum Gasteiger partial charge on any atom is 0.224 e. The highest BCUT2D eigenvalue weighted by atomic mass is 16.1. The Labute approximate surface area is 212 Å². The average Bonchev–Trinajstić information content (AvgIpc) is 3.56. The van der Waals surface area contributed by atoms with Crippen LogP contribution < -0.4 is 5.32 Å². The zero-order valence-electron chi connectivity index (χ0n) is 20.2. The molecular weight excluding hydrogens is 464 g/mol. The van der Waals surface area contributed by atoms with E-state index in [0.717, 1.165) is 63.0 Å². The van der Waals surface area contributed by atoms with Gasteiger partial charge in [-0.2, -0.15) is 5.10 Å². The molecule has 6 rings (SSSR count). The summed E-state index contributed by atoms with van der Waals surface area (Å²) in [4.78, 5) is 33.5. The van der Waals surface area contributed by atoms with Crippen molar-refractivity contribution in [1.82, 2.24) is 35.1 Å². The summed E-state index contributed by atoms with van der Waals surface area (Å²) in [6.07, 6.45) is 11.1. The van der Waals surface area contributed by atoms with E-state index in [4.69, 9.17) is 0 Å². The number of H-pyrrole nitrogens is 2. The van der Waals surface area contributed by atoms with Crippen molar-refractivity contribution in [2.24, 2.45) is 0 Å². The molecule has 6 heterocycles. The molecule has 0 aliphatic heterocycles. The van der Waals surface area contributed by atoms with Gasteiger partial charge in [0.15, 0.2) is 5.65 Å². The Kier molecular flexibility index (Phi) is 5.86. The van der Waals surface area contributed by atoms with Crippen LogP contribution in [-0.2, 0) is 4.79 Å². The molecule has 0 unspecified atom stereocenters. The van der Waals surface area contributed by atoms with E-state index in [0.29, 0.717) is 17.8 Å². The zero-order valence-corrected chi connectivity index (χ0v) is 20.2. The summed E-state index contributed by atoms with van der Waals surface area (Å²) in [6.45, 7) is 2.06. The maximum absolute atomic E-state index is 12.2. The number of anilines is 1. The summed E-state index contributed by atoms with van der Waals surface area (Å²) in [5.74, 6) is -0.0102. The fraction of sp³-hybridized carbons (Fsp3) is 0.143. The topological polar surface area (TPSA) is 125 Å². The quantitative estimate of drug-likeness (QED) is 0.263. The number of nitrogens with one attached hydrogen (secondary N) is 3. The molecule has 9 nitrogen and oxygen atoms in total. The van der Waals surface area contributed by atoms with Crippen molar-refractivity contribution in [1.29, 1.82) is 0 Å². The molecule has 1 amide bonds. The van der Waals surface area contributed by atoms with E-state index in [-0.39, 0.29) is 5.91 Å². The minimum absolute atomic E-state index is 0.0102. The van der Waals surface area contributed by atoms with Crippen molar-refractivity contribution in [2.75, 3.05) is 5.32 Å². The number of fused-ring (bicyclic) bond motifs is 2. The maximum atomic E-state index is 12.2. The molecule has 0 fully saturated rings. The summed E-state index contributed by atoms with van der Waals surface area (Å²) in [5, 5.41) is 12.3. The molecule has 182 valence electrons. The standard InChI is InChI=1S/C28H24N8O/c1-2-3-7-25(37)33-19-11-17(14-29-16-19)18-12-22-26(35-36-28(22)32-15-18)24-13-21-20(8-10-31-27(21)34-24)23-6-4-5-9-30-23/h4-6,8-16H,2-3,7H2,1H3,(H,31,34)(H,33,37)(H,32,35,36). The molecule has 0 atom stereocenters. The van der Waals surface area contributed by atoms with Crippen molar-refractivity contribution in [3.63, 3.8) is 0 Å². The van der Waals surface area contributed by atoms with Gasteiger partial charge in [-0.05, 0) is 42.8 Å². The fourth-order valence-corrected chi connectivity index (χ4v) is 4.39. The van der Waals surface area contributed by atoms with Crippen molar-refractivity contribution < 1.29 is 4.79 Å². The van der Waals surface area contributed by atoms with Crippen LogP contribution in [0.25, 0.3) is 55.8 Å². The number of nitrogens with zero attached hydrogens (tertiary/aromatic N) is 5. The Morgan fingerprint density at radius 1 is 0.919 bits per heavy atom. The van der Waals surface area contributed by atoms with Crippen LogP contribution in [0.4, 0.5) is 5.69 Å². The highest BCUT2D eigenvalue weighted by molar-refractivity contribution is 5.99. The first-order valence-electron chi connectivity index (χ1n) is 12.2. The second kappa shape index (κ2) is 9.62. The summed E-state index contributed by atoms with van der Waals surface area (Å²) in [5.41, 5.74) is 7.26. The third-order valence-corrected chi connectivity index (χ3v) is 6.26. The third kappa shape index (κ3) is 4.42. The molecule has 0 aromatic carbocycles. The zero-order chi connectivity index (χ0) is 25.2. The number of pyridine rings is 4. The Hall–Kier alpha value is -4.92. The summed E-state index contributed by atoms with van der Waals surface area (Å²) in [7, 11) is 0. The summed E-state index contributed by atoms with van der Waals surface area (Å²) in [6, 6.07) is 13.8. The van der Waals surface area contributed by atoms with E-state index >= 15 is 0 Å². The van der Waals surface area contributed by atoms with Crippen molar-refractivity contribution in [3.8, 4) is 33.8 Å². The molecule has 0 aliphatic rings. The van der Waals surface area contributed by atoms with Crippen LogP contribution in [-0.4, -0.2) is 41.0 Å². The monoisotopic (exact) mass is 488 g/mol. The molecule has 0 spiro atoms. The van der Waals surface area contributed by atoms with Gasteiger partial charge in [0.1, 0.15) is 11.3 Å². The van der Waals surface area contributed by atoms with E-state index in [2.05, 4.69) is 47.4 Å². The van der Waals surface area contributed by atoms with Gasteiger partial charge in [-0.15, -0.1) is 0 Å². The normalized spacial score (nSPS) is 11.3. The predicted molar refractivity (Wildman–Crippen MR) is 144 cm³/mol. The summed E-state index contributed by atoms with van der Waals surface area (Å²) >= 11 is 0. The van der Waals surface area contributed by atoms with Crippen molar-refractivity contribution >= 4 is 33.7 Å². The molecule has 37 heavy (non-hydrogen) atoms. The average molecular weight is 489 g/mol. The predicted octanol–water partition coefficient (Wildman–Crippen LogP) is 5.75. The van der Waals surface area contributed by atoms with Gasteiger partial charge in [0.25, 0.3) is 0 Å². The van der Waals surface area contributed by atoms with Gasteiger partial charge in [-0.25, -0.2) is 9.97 Å². The lowest BCUT2D eigenvalue weighted by Crippen LogP contribution is -2.11. The molecule has 6 aromatic heterocycles. The minimum Gasteiger partial charge on any atom is -0.338 e. The molecule has 6 aromatic rings. The van der Waals surface area contributed by atoms with Crippen LogP contribution in [0.15, 0.2) is 73.4 Å². The van der Waals surface area contributed by atoms with Crippen LogP contribution >= 0.6 is 0 Å². The number of carbonyl (C=O) groups excluding carboxylic acids is 1. The van der Waals surface area contributed by atoms with Crippen LogP contribution in [0.3, 0.4) is 0 Å². The van der Waals surface area contributed by atoms with E-state index < -0.39 is 0 Å². The number of rotatable bonds is 7. The lowest BCUT2D eigenvalue weighted by molar-refractivity contribution is -0.116. The number of amides is 1.